The molecule has 0 unspecified atom stereocenters. The zero-order valence-electron chi connectivity index (χ0n) is 9.27. The highest BCUT2D eigenvalue weighted by atomic mass is 16.4. The Morgan fingerprint density at radius 1 is 1.62 bits per heavy atom. The molecular weight excluding hydrogens is 206 g/mol. The quantitative estimate of drug-likeness (QED) is 0.807. The highest BCUT2D eigenvalue weighted by Crippen LogP contribution is 2.10. The summed E-state index contributed by atoms with van der Waals surface area (Å²) in [6, 6.07) is 5.31. The molecule has 1 aromatic rings. The van der Waals surface area contributed by atoms with E-state index in [1.165, 1.54) is 0 Å². The van der Waals surface area contributed by atoms with E-state index in [-0.39, 0.29) is 18.2 Å². The molecule has 0 aliphatic carbocycles. The summed E-state index contributed by atoms with van der Waals surface area (Å²) in [5.74, 6) is 0.664. The van der Waals surface area contributed by atoms with Crippen LogP contribution in [0.15, 0.2) is 16.5 Å². The van der Waals surface area contributed by atoms with E-state index in [0.29, 0.717) is 25.3 Å². The molecule has 0 atom stereocenters. The second-order valence-corrected chi connectivity index (χ2v) is 3.26. The number of hydrogen-bond acceptors (Lipinski definition) is 4. The molecule has 0 fully saturated rings. The molecule has 2 N–H and O–H groups in total. The molecule has 0 saturated heterocycles. The Balaban J connectivity index is 2.71. The first-order chi connectivity index (χ1) is 7.72. The molecule has 5 heteroatoms. The molecule has 0 saturated carbocycles. The van der Waals surface area contributed by atoms with Gasteiger partial charge in [0.05, 0.1) is 19.0 Å². The highest BCUT2D eigenvalue weighted by molar-refractivity contribution is 5.91. The van der Waals surface area contributed by atoms with Crippen LogP contribution in [0.4, 0.5) is 0 Å². The van der Waals surface area contributed by atoms with E-state index in [2.05, 4.69) is 0 Å². The fourth-order valence-corrected chi connectivity index (χ4v) is 1.35. The molecule has 16 heavy (non-hydrogen) atoms. The van der Waals surface area contributed by atoms with E-state index >= 15 is 0 Å². The molecule has 0 aliphatic rings. The summed E-state index contributed by atoms with van der Waals surface area (Å²) in [6.07, 6.45) is 0.323. The number of carbonyl (C=O) groups excluding carboxylic acids is 1. The van der Waals surface area contributed by atoms with Crippen molar-refractivity contribution in [3.8, 4) is 6.07 Å². The smallest absolute Gasteiger partial charge is 0.289 e. The van der Waals surface area contributed by atoms with Crippen molar-refractivity contribution in [1.82, 2.24) is 4.90 Å². The number of amides is 1. The lowest BCUT2D eigenvalue weighted by Gasteiger charge is -2.17. The summed E-state index contributed by atoms with van der Waals surface area (Å²) in [6.45, 7) is 3.11. The van der Waals surface area contributed by atoms with Crippen molar-refractivity contribution in [1.29, 1.82) is 5.26 Å². The predicted molar refractivity (Wildman–Crippen MR) is 58.4 cm³/mol. The van der Waals surface area contributed by atoms with E-state index in [0.717, 1.165) is 0 Å². The Morgan fingerprint density at radius 3 is 2.88 bits per heavy atom. The summed E-state index contributed by atoms with van der Waals surface area (Å²) in [5, 5.41) is 8.48. The standard InChI is InChI=1S/C11H15N3O2/c1-2-14(7-3-6-12)11(15)10-5-4-9(8-13)16-10/h4-5H,2-3,7-8,13H2,1H3. The maximum Gasteiger partial charge on any atom is 0.289 e. The first-order valence-corrected chi connectivity index (χ1v) is 5.18. The van der Waals surface area contributed by atoms with E-state index in [1.807, 2.05) is 13.0 Å². The molecule has 1 rings (SSSR count). The zero-order chi connectivity index (χ0) is 12.0. The Hall–Kier alpha value is -1.80. The van der Waals surface area contributed by atoms with E-state index in [4.69, 9.17) is 15.4 Å². The molecule has 0 aliphatic heterocycles. The van der Waals surface area contributed by atoms with Gasteiger partial charge in [-0.15, -0.1) is 0 Å². The molecule has 0 bridgehead atoms. The number of nitriles is 1. The maximum atomic E-state index is 11.9. The average Bonchev–Trinajstić information content (AvgIpc) is 2.78. The van der Waals surface area contributed by atoms with Crippen molar-refractivity contribution in [2.24, 2.45) is 5.73 Å². The summed E-state index contributed by atoms with van der Waals surface area (Å²) in [4.78, 5) is 13.5. The van der Waals surface area contributed by atoms with Crippen LogP contribution in [0.2, 0.25) is 0 Å². The van der Waals surface area contributed by atoms with Gasteiger partial charge in [-0.3, -0.25) is 4.79 Å². The zero-order valence-corrected chi connectivity index (χ0v) is 9.27. The minimum atomic E-state index is -0.197. The van der Waals surface area contributed by atoms with Crippen molar-refractivity contribution >= 4 is 5.91 Å². The summed E-state index contributed by atoms with van der Waals surface area (Å²) < 4.78 is 5.26. The van der Waals surface area contributed by atoms with Crippen LogP contribution in [0.25, 0.3) is 0 Å². The molecule has 86 valence electrons. The van der Waals surface area contributed by atoms with Crippen molar-refractivity contribution in [3.05, 3.63) is 23.7 Å². The first-order valence-electron chi connectivity index (χ1n) is 5.18. The van der Waals surface area contributed by atoms with E-state index in [9.17, 15) is 4.79 Å². The van der Waals surface area contributed by atoms with Gasteiger partial charge in [-0.05, 0) is 19.1 Å². The number of rotatable bonds is 5. The topological polar surface area (TPSA) is 83.3 Å². The molecule has 0 radical (unpaired) electrons. The largest absolute Gasteiger partial charge is 0.455 e. The van der Waals surface area contributed by atoms with Crippen LogP contribution in [0.5, 0.6) is 0 Å². The normalized spacial score (nSPS) is 9.81. The monoisotopic (exact) mass is 221 g/mol. The lowest BCUT2D eigenvalue weighted by molar-refractivity contribution is 0.0734. The number of carbonyl (C=O) groups is 1. The van der Waals surface area contributed by atoms with Crippen LogP contribution < -0.4 is 5.73 Å². The molecule has 0 spiro atoms. The lowest BCUT2D eigenvalue weighted by Crippen LogP contribution is -2.31. The molecule has 1 heterocycles. The molecule has 1 aromatic heterocycles. The van der Waals surface area contributed by atoms with Gasteiger partial charge in [0, 0.05) is 13.1 Å². The van der Waals surface area contributed by atoms with Gasteiger partial charge in [0.25, 0.3) is 5.91 Å². The van der Waals surface area contributed by atoms with Crippen LogP contribution in [0, 0.1) is 11.3 Å². The predicted octanol–water partition coefficient (Wildman–Crippen LogP) is 1.11. The minimum Gasteiger partial charge on any atom is -0.455 e. The fraction of sp³-hybridized carbons (Fsp3) is 0.455. The van der Waals surface area contributed by atoms with Gasteiger partial charge in [0.1, 0.15) is 5.76 Å². The highest BCUT2D eigenvalue weighted by Gasteiger charge is 2.17. The first kappa shape index (κ1) is 12.3. The number of hydrogen-bond donors (Lipinski definition) is 1. The molecular formula is C11H15N3O2. The van der Waals surface area contributed by atoms with E-state index in [1.54, 1.807) is 17.0 Å². The molecule has 0 aromatic carbocycles. The van der Waals surface area contributed by atoms with Gasteiger partial charge in [-0.2, -0.15) is 5.26 Å². The minimum absolute atomic E-state index is 0.197. The van der Waals surface area contributed by atoms with E-state index < -0.39 is 0 Å². The maximum absolute atomic E-state index is 11.9. The second-order valence-electron chi connectivity index (χ2n) is 3.26. The molecule has 5 nitrogen and oxygen atoms in total. The lowest BCUT2D eigenvalue weighted by atomic mass is 10.3. The summed E-state index contributed by atoms with van der Waals surface area (Å²) in [5.41, 5.74) is 5.39. The van der Waals surface area contributed by atoms with Crippen LogP contribution >= 0.6 is 0 Å². The Morgan fingerprint density at radius 2 is 2.38 bits per heavy atom. The number of nitrogens with two attached hydrogens (primary N) is 1. The van der Waals surface area contributed by atoms with Gasteiger partial charge in [-0.1, -0.05) is 0 Å². The Kier molecular flexibility index (Phi) is 4.55. The molecule has 1 amide bonds. The Labute approximate surface area is 94.4 Å². The number of nitrogens with zero attached hydrogens (tertiary/aromatic N) is 2. The Bertz CT molecular complexity index is 392. The van der Waals surface area contributed by atoms with Gasteiger partial charge < -0.3 is 15.1 Å². The van der Waals surface area contributed by atoms with Gasteiger partial charge in [0.2, 0.25) is 0 Å². The average molecular weight is 221 g/mol. The van der Waals surface area contributed by atoms with Crippen molar-refractivity contribution < 1.29 is 9.21 Å². The second kappa shape index (κ2) is 5.93. The van der Waals surface area contributed by atoms with Crippen LogP contribution in [-0.2, 0) is 6.54 Å². The van der Waals surface area contributed by atoms with Crippen molar-refractivity contribution in [2.75, 3.05) is 13.1 Å². The van der Waals surface area contributed by atoms with Crippen LogP contribution in [0.3, 0.4) is 0 Å². The van der Waals surface area contributed by atoms with Gasteiger partial charge in [0.15, 0.2) is 5.76 Å². The van der Waals surface area contributed by atoms with Crippen molar-refractivity contribution in [3.63, 3.8) is 0 Å². The van der Waals surface area contributed by atoms with Crippen LogP contribution in [0.1, 0.15) is 29.7 Å². The van der Waals surface area contributed by atoms with Gasteiger partial charge in [-0.25, -0.2) is 0 Å². The van der Waals surface area contributed by atoms with Gasteiger partial charge >= 0.3 is 0 Å². The van der Waals surface area contributed by atoms with Crippen LogP contribution in [-0.4, -0.2) is 23.9 Å². The number of furan rings is 1. The third-order valence-corrected chi connectivity index (χ3v) is 2.24. The summed E-state index contributed by atoms with van der Waals surface area (Å²) in [7, 11) is 0. The fourth-order valence-electron chi connectivity index (χ4n) is 1.35. The summed E-state index contributed by atoms with van der Waals surface area (Å²) >= 11 is 0. The third-order valence-electron chi connectivity index (χ3n) is 2.24. The van der Waals surface area contributed by atoms with Crippen molar-refractivity contribution in [2.45, 2.75) is 19.9 Å². The SMILES string of the molecule is CCN(CCC#N)C(=O)c1ccc(CN)o1. The third kappa shape index (κ3) is 2.84.